The Bertz CT molecular complexity index is 829. The van der Waals surface area contributed by atoms with Gasteiger partial charge in [0, 0.05) is 11.3 Å². The van der Waals surface area contributed by atoms with Crippen LogP contribution in [0.5, 0.6) is 11.5 Å². The molecular weight excluding hydrogens is 445 g/mol. The zero-order valence-electron chi connectivity index (χ0n) is 15.0. The van der Waals surface area contributed by atoms with Crippen LogP contribution in [-0.2, 0) is 0 Å². The van der Waals surface area contributed by atoms with E-state index in [1.54, 1.807) is 55.6 Å². The summed E-state index contributed by atoms with van der Waals surface area (Å²) in [5, 5.41) is 8.51. The molecule has 0 radical (unpaired) electrons. The van der Waals surface area contributed by atoms with Gasteiger partial charge in [-0.05, 0) is 54.7 Å². The van der Waals surface area contributed by atoms with E-state index >= 15 is 0 Å². The van der Waals surface area contributed by atoms with Gasteiger partial charge in [-0.2, -0.15) is 0 Å². The summed E-state index contributed by atoms with van der Waals surface area (Å²) < 4.78 is 8.35. The molecule has 2 aromatic rings. The number of rotatable bonds is 6. The summed E-state index contributed by atoms with van der Waals surface area (Å²) in [7, 11) is 3.08. The first kappa shape index (κ1) is 22.4. The van der Waals surface area contributed by atoms with E-state index in [9.17, 15) is 4.79 Å². The van der Waals surface area contributed by atoms with Crippen molar-refractivity contribution in [1.82, 2.24) is 10.6 Å². The average Bonchev–Trinajstić information content (AvgIpc) is 2.67. The maximum atomic E-state index is 12.5. The van der Waals surface area contributed by atoms with Gasteiger partial charge in [0.05, 0.1) is 14.2 Å². The fourth-order valence-electron chi connectivity index (χ4n) is 2.15. The topological polar surface area (TPSA) is 71.6 Å². The molecule has 2 aromatic carbocycles. The molecule has 1 amide bonds. The lowest BCUT2D eigenvalue weighted by Gasteiger charge is -2.27. The van der Waals surface area contributed by atoms with Crippen molar-refractivity contribution >= 4 is 63.7 Å². The molecule has 1 atom stereocenters. The van der Waals surface area contributed by atoms with Crippen molar-refractivity contribution in [3.05, 3.63) is 54.1 Å². The smallest absolute Gasteiger partial charge is 0.253 e. The van der Waals surface area contributed by atoms with E-state index in [0.29, 0.717) is 22.7 Å². The Hall–Kier alpha value is -1.93. The summed E-state index contributed by atoms with van der Waals surface area (Å²) in [4.78, 5) is 12.5. The van der Waals surface area contributed by atoms with Crippen LogP contribution in [0.15, 0.2) is 48.5 Å². The third-order valence-corrected chi connectivity index (χ3v) is 4.43. The van der Waals surface area contributed by atoms with Crippen molar-refractivity contribution in [3.8, 4) is 11.5 Å². The van der Waals surface area contributed by atoms with Gasteiger partial charge in [-0.1, -0.05) is 40.9 Å². The minimum absolute atomic E-state index is 0.160. The van der Waals surface area contributed by atoms with Crippen LogP contribution in [0.1, 0.15) is 10.4 Å². The number of hydrogen-bond acceptors (Lipinski definition) is 4. The molecule has 0 heterocycles. The van der Waals surface area contributed by atoms with Gasteiger partial charge in [-0.25, -0.2) is 0 Å². The molecule has 0 aliphatic carbocycles. The number of carbonyl (C=O) groups is 1. The summed E-state index contributed by atoms with van der Waals surface area (Å²) in [6, 6.07) is 13.7. The number of carbonyl (C=O) groups excluding carboxylic acids is 1. The third-order valence-electron chi connectivity index (χ3n) is 3.56. The Labute approximate surface area is 183 Å². The van der Waals surface area contributed by atoms with E-state index in [-0.39, 0.29) is 5.11 Å². The number of nitrogens with one attached hydrogen (secondary N) is 3. The number of amides is 1. The standard InChI is InChI=1S/C18H18Cl3N3O3S/c1-26-13-8-6-12(7-9-13)22-17(28)24-16(18(19,20)21)23-15(25)11-4-3-5-14(10-11)27-2/h3-10,16H,1-2H3,(H,23,25)(H2,22,24,28)/t16-/m1/s1. The van der Waals surface area contributed by atoms with Crippen LogP contribution in [0.4, 0.5) is 5.69 Å². The predicted octanol–water partition coefficient (Wildman–Crippen LogP) is 4.12. The van der Waals surface area contributed by atoms with E-state index in [1.165, 1.54) is 7.11 Å². The Balaban J connectivity index is 2.06. The van der Waals surface area contributed by atoms with Gasteiger partial charge in [-0.3, -0.25) is 4.79 Å². The normalized spacial score (nSPS) is 11.9. The van der Waals surface area contributed by atoms with Gasteiger partial charge in [0.15, 0.2) is 5.11 Å². The molecule has 0 bridgehead atoms. The molecule has 0 fully saturated rings. The first-order chi connectivity index (χ1) is 13.2. The van der Waals surface area contributed by atoms with Crippen LogP contribution >= 0.6 is 47.0 Å². The maximum Gasteiger partial charge on any atom is 0.253 e. The highest BCUT2D eigenvalue weighted by atomic mass is 35.6. The zero-order valence-corrected chi connectivity index (χ0v) is 18.0. The summed E-state index contributed by atoms with van der Waals surface area (Å²) >= 11 is 23.3. The molecule has 0 aromatic heterocycles. The minimum atomic E-state index is -1.86. The molecule has 0 spiro atoms. The van der Waals surface area contributed by atoms with Crippen LogP contribution in [0.25, 0.3) is 0 Å². The SMILES string of the molecule is COc1ccc(NC(=S)N[C@@H](NC(=O)c2cccc(OC)c2)C(Cl)(Cl)Cl)cc1. The lowest BCUT2D eigenvalue weighted by atomic mass is 10.2. The number of methoxy groups -OCH3 is 2. The second-order valence-electron chi connectivity index (χ2n) is 5.51. The lowest BCUT2D eigenvalue weighted by molar-refractivity contribution is 0.0934. The second kappa shape index (κ2) is 10.0. The minimum Gasteiger partial charge on any atom is -0.497 e. The molecule has 0 aliphatic rings. The fraction of sp³-hybridized carbons (Fsp3) is 0.222. The molecular formula is C18H18Cl3N3O3S. The highest BCUT2D eigenvalue weighted by Crippen LogP contribution is 2.29. The van der Waals surface area contributed by atoms with Crippen LogP contribution in [-0.4, -0.2) is 35.2 Å². The number of benzene rings is 2. The number of ether oxygens (including phenoxy) is 2. The largest absolute Gasteiger partial charge is 0.497 e. The molecule has 3 N–H and O–H groups in total. The summed E-state index contributed by atoms with van der Waals surface area (Å²) in [5.74, 6) is 0.770. The molecule has 2 rings (SSSR count). The zero-order chi connectivity index (χ0) is 20.7. The van der Waals surface area contributed by atoms with Crippen molar-refractivity contribution in [2.24, 2.45) is 0 Å². The average molecular weight is 463 g/mol. The summed E-state index contributed by atoms with van der Waals surface area (Å²) in [6.07, 6.45) is -1.09. The van der Waals surface area contributed by atoms with Crippen LogP contribution in [0.2, 0.25) is 0 Å². The second-order valence-corrected chi connectivity index (χ2v) is 8.28. The van der Waals surface area contributed by atoms with Gasteiger partial charge in [0.2, 0.25) is 3.79 Å². The van der Waals surface area contributed by atoms with Crippen LogP contribution in [0.3, 0.4) is 0 Å². The molecule has 150 valence electrons. The molecule has 10 heteroatoms. The number of alkyl halides is 3. The summed E-state index contributed by atoms with van der Waals surface area (Å²) in [5.41, 5.74) is 1.04. The number of hydrogen-bond donors (Lipinski definition) is 3. The van der Waals surface area contributed by atoms with E-state index < -0.39 is 15.9 Å². The highest BCUT2D eigenvalue weighted by molar-refractivity contribution is 7.80. The van der Waals surface area contributed by atoms with Crippen molar-refractivity contribution in [2.75, 3.05) is 19.5 Å². The Morgan fingerprint density at radius 2 is 1.64 bits per heavy atom. The number of halogens is 3. The van der Waals surface area contributed by atoms with Crippen LogP contribution < -0.4 is 25.4 Å². The quantitative estimate of drug-likeness (QED) is 0.341. The Morgan fingerprint density at radius 1 is 1.00 bits per heavy atom. The highest BCUT2D eigenvalue weighted by Gasteiger charge is 2.35. The van der Waals surface area contributed by atoms with Gasteiger partial charge in [-0.15, -0.1) is 0 Å². The number of anilines is 1. The molecule has 0 saturated carbocycles. The van der Waals surface area contributed by atoms with Gasteiger partial charge < -0.3 is 25.4 Å². The van der Waals surface area contributed by atoms with E-state index in [0.717, 1.165) is 0 Å². The molecule has 6 nitrogen and oxygen atoms in total. The van der Waals surface area contributed by atoms with E-state index in [4.69, 9.17) is 56.5 Å². The van der Waals surface area contributed by atoms with Crippen molar-refractivity contribution < 1.29 is 14.3 Å². The van der Waals surface area contributed by atoms with Crippen molar-refractivity contribution in [1.29, 1.82) is 0 Å². The van der Waals surface area contributed by atoms with Crippen LogP contribution in [0, 0.1) is 0 Å². The van der Waals surface area contributed by atoms with Crippen molar-refractivity contribution in [2.45, 2.75) is 9.96 Å². The van der Waals surface area contributed by atoms with E-state index in [2.05, 4.69) is 16.0 Å². The Kier molecular flexibility index (Phi) is 8.00. The lowest BCUT2D eigenvalue weighted by Crippen LogP contribution is -2.56. The monoisotopic (exact) mass is 461 g/mol. The molecule has 28 heavy (non-hydrogen) atoms. The van der Waals surface area contributed by atoms with Gasteiger partial charge >= 0.3 is 0 Å². The maximum absolute atomic E-state index is 12.5. The predicted molar refractivity (Wildman–Crippen MR) is 117 cm³/mol. The third kappa shape index (κ3) is 6.60. The van der Waals surface area contributed by atoms with Gasteiger partial charge in [0.25, 0.3) is 5.91 Å². The molecule has 0 saturated heterocycles. The Morgan fingerprint density at radius 3 is 2.21 bits per heavy atom. The molecule has 0 unspecified atom stereocenters. The first-order valence-corrected chi connectivity index (χ1v) is 9.50. The fourth-order valence-corrected chi connectivity index (χ4v) is 2.71. The summed E-state index contributed by atoms with van der Waals surface area (Å²) in [6.45, 7) is 0. The van der Waals surface area contributed by atoms with E-state index in [1.807, 2.05) is 0 Å². The first-order valence-electron chi connectivity index (χ1n) is 7.96. The number of thiocarbonyl (C=S) groups is 1. The van der Waals surface area contributed by atoms with Crippen molar-refractivity contribution in [3.63, 3.8) is 0 Å². The molecule has 0 aliphatic heterocycles. The van der Waals surface area contributed by atoms with Gasteiger partial charge in [0.1, 0.15) is 17.7 Å².